The van der Waals surface area contributed by atoms with Crippen LogP contribution in [0.4, 0.5) is 0 Å². The lowest BCUT2D eigenvalue weighted by Crippen LogP contribution is -2.59. The molecule has 1 spiro atoms. The Labute approximate surface area is 201 Å². The number of hydrogen-bond donors (Lipinski definition) is 3. The summed E-state index contributed by atoms with van der Waals surface area (Å²) in [5.74, 6) is -1.12. The maximum absolute atomic E-state index is 14.2. The number of benzene rings is 1. The number of nitrogens with one attached hydrogen (secondary N) is 1. The van der Waals surface area contributed by atoms with E-state index in [-0.39, 0.29) is 53.6 Å². The van der Waals surface area contributed by atoms with Crippen LogP contribution in [0.1, 0.15) is 52.5 Å². The fourth-order valence-electron chi connectivity index (χ4n) is 7.34. The molecule has 0 radical (unpaired) electrons. The molecule has 5 rings (SSSR count). The van der Waals surface area contributed by atoms with Gasteiger partial charge in [-0.2, -0.15) is 0 Å². The van der Waals surface area contributed by atoms with Crippen LogP contribution in [0.3, 0.4) is 0 Å². The summed E-state index contributed by atoms with van der Waals surface area (Å²) in [5.41, 5.74) is -2.01. The number of aliphatic hydroxyl groups is 2. The molecule has 6 nitrogen and oxygen atoms in total. The minimum absolute atomic E-state index is 0.0273. The van der Waals surface area contributed by atoms with E-state index in [1.807, 2.05) is 49.4 Å². The second kappa shape index (κ2) is 8.00. The third-order valence-corrected chi connectivity index (χ3v) is 9.33. The predicted octanol–water partition coefficient (Wildman–Crippen LogP) is 2.81. The van der Waals surface area contributed by atoms with Crippen LogP contribution >= 0.6 is 0 Å². The first-order chi connectivity index (χ1) is 16.0. The van der Waals surface area contributed by atoms with Crippen molar-refractivity contribution >= 4 is 11.7 Å². The summed E-state index contributed by atoms with van der Waals surface area (Å²) in [4.78, 5) is 28.1. The molecule has 3 N–H and O–H groups in total. The van der Waals surface area contributed by atoms with Crippen molar-refractivity contribution in [2.24, 2.45) is 29.1 Å². The third-order valence-electron chi connectivity index (χ3n) is 9.33. The standard InChI is InChI=1S/C28H37NO5/c1-16-9-8-12-19-24-27(4,34-24)17(2)23-20(13-18-10-6-5-7-11-18)29-25(32)28(19,23)22(31)14-21(30)26(3,33)15-16/h5-8,10-12,16-17,19-21,23-24,30,33H,9,13-15H2,1-4H3,(H,29,32). The van der Waals surface area contributed by atoms with Crippen LogP contribution in [-0.2, 0) is 20.7 Å². The minimum Gasteiger partial charge on any atom is -0.390 e. The van der Waals surface area contributed by atoms with Crippen molar-refractivity contribution in [3.63, 3.8) is 0 Å². The van der Waals surface area contributed by atoms with Crippen LogP contribution in [0.5, 0.6) is 0 Å². The number of epoxide rings is 1. The maximum atomic E-state index is 14.2. The Balaban J connectivity index is 1.62. The maximum Gasteiger partial charge on any atom is 0.235 e. The number of Topliss-reactive ketones (excluding diaryl/α,β-unsaturated/α-hetero) is 1. The predicted molar refractivity (Wildman–Crippen MR) is 128 cm³/mol. The molecule has 3 fully saturated rings. The fourth-order valence-corrected chi connectivity index (χ4v) is 7.34. The van der Waals surface area contributed by atoms with Crippen LogP contribution in [0.15, 0.2) is 42.5 Å². The van der Waals surface area contributed by atoms with E-state index in [0.717, 1.165) is 5.56 Å². The van der Waals surface area contributed by atoms with Crippen molar-refractivity contribution < 1.29 is 24.5 Å². The number of fused-ring (bicyclic) bond motifs is 2. The number of hydrogen-bond acceptors (Lipinski definition) is 5. The van der Waals surface area contributed by atoms with Crippen LogP contribution in [0.25, 0.3) is 0 Å². The zero-order chi connectivity index (χ0) is 24.5. The van der Waals surface area contributed by atoms with Gasteiger partial charge in [-0.1, -0.05) is 56.3 Å². The molecule has 2 heterocycles. The number of carbonyl (C=O) groups excluding carboxylic acids is 2. The summed E-state index contributed by atoms with van der Waals surface area (Å²) in [6.07, 6.45) is 4.08. The van der Waals surface area contributed by atoms with Gasteiger partial charge < -0.3 is 20.3 Å². The quantitative estimate of drug-likeness (QED) is 0.353. The molecule has 0 bridgehead atoms. The van der Waals surface area contributed by atoms with Crippen molar-refractivity contribution in [2.75, 3.05) is 0 Å². The van der Waals surface area contributed by atoms with Gasteiger partial charge in [-0.25, -0.2) is 0 Å². The van der Waals surface area contributed by atoms with E-state index in [1.165, 1.54) is 0 Å². The topological polar surface area (TPSA) is 99.2 Å². The number of aliphatic hydroxyl groups excluding tert-OH is 1. The van der Waals surface area contributed by atoms with Crippen molar-refractivity contribution in [2.45, 2.75) is 82.8 Å². The Hall–Kier alpha value is -2.02. The molecule has 0 aromatic heterocycles. The molecule has 2 aliphatic carbocycles. The fraction of sp³-hybridized carbons (Fsp3) is 0.643. The Morgan fingerprint density at radius 2 is 1.85 bits per heavy atom. The number of amides is 1. The Bertz CT molecular complexity index is 1010. The van der Waals surface area contributed by atoms with Crippen molar-refractivity contribution in [1.82, 2.24) is 5.32 Å². The summed E-state index contributed by atoms with van der Waals surface area (Å²) < 4.78 is 6.27. The molecule has 4 aliphatic rings. The van der Waals surface area contributed by atoms with E-state index in [1.54, 1.807) is 6.92 Å². The second-order valence-electron chi connectivity index (χ2n) is 11.7. The van der Waals surface area contributed by atoms with Gasteiger partial charge in [0.05, 0.1) is 23.4 Å². The molecule has 10 unspecified atom stereocenters. The molecule has 184 valence electrons. The number of carbonyl (C=O) groups is 2. The molecule has 6 heteroatoms. The average molecular weight is 468 g/mol. The van der Waals surface area contributed by atoms with Crippen molar-refractivity contribution in [3.8, 4) is 0 Å². The van der Waals surface area contributed by atoms with Gasteiger partial charge in [-0.3, -0.25) is 9.59 Å². The SMILES string of the molecule is CC1CC=CC2C3OC3(C)C(C)C3C(Cc4ccccc4)NC(=O)C23C(=O)CC(O)C(C)(O)C1. The van der Waals surface area contributed by atoms with Crippen LogP contribution in [0, 0.1) is 29.1 Å². The number of ether oxygens (including phenoxy) is 1. The molecule has 10 atom stereocenters. The Kier molecular flexibility index (Phi) is 5.58. The summed E-state index contributed by atoms with van der Waals surface area (Å²) in [7, 11) is 0. The first-order valence-electron chi connectivity index (χ1n) is 12.6. The van der Waals surface area contributed by atoms with Crippen LogP contribution in [-0.4, -0.2) is 51.4 Å². The zero-order valence-electron chi connectivity index (χ0n) is 20.5. The van der Waals surface area contributed by atoms with Gasteiger partial charge in [0.15, 0.2) is 5.78 Å². The van der Waals surface area contributed by atoms with Gasteiger partial charge in [0.2, 0.25) is 5.91 Å². The molecule has 34 heavy (non-hydrogen) atoms. The van der Waals surface area contributed by atoms with Gasteiger partial charge in [0.1, 0.15) is 5.41 Å². The molecule has 1 saturated carbocycles. The number of ketones is 1. The van der Waals surface area contributed by atoms with Crippen molar-refractivity contribution in [1.29, 1.82) is 0 Å². The molecule has 2 saturated heterocycles. The molecule has 1 aromatic carbocycles. The molecular weight excluding hydrogens is 430 g/mol. The molecular formula is C28H37NO5. The monoisotopic (exact) mass is 467 g/mol. The number of allylic oxidation sites excluding steroid dienone is 1. The van der Waals surface area contributed by atoms with E-state index in [0.29, 0.717) is 19.3 Å². The van der Waals surface area contributed by atoms with Gasteiger partial charge >= 0.3 is 0 Å². The smallest absolute Gasteiger partial charge is 0.235 e. The highest BCUT2D eigenvalue weighted by Gasteiger charge is 2.78. The summed E-state index contributed by atoms with van der Waals surface area (Å²) in [6.45, 7) is 7.81. The summed E-state index contributed by atoms with van der Waals surface area (Å²) in [5, 5.41) is 25.2. The van der Waals surface area contributed by atoms with Crippen LogP contribution < -0.4 is 5.32 Å². The van der Waals surface area contributed by atoms with E-state index in [2.05, 4.69) is 19.2 Å². The van der Waals surface area contributed by atoms with E-state index < -0.39 is 23.0 Å². The highest BCUT2D eigenvalue weighted by atomic mass is 16.6. The van der Waals surface area contributed by atoms with Gasteiger partial charge in [-0.15, -0.1) is 0 Å². The average Bonchev–Trinajstić information content (AvgIpc) is 3.38. The lowest BCUT2D eigenvalue weighted by Gasteiger charge is -2.46. The zero-order valence-corrected chi connectivity index (χ0v) is 20.5. The van der Waals surface area contributed by atoms with E-state index in [4.69, 9.17) is 4.74 Å². The van der Waals surface area contributed by atoms with Crippen molar-refractivity contribution in [3.05, 3.63) is 48.0 Å². The highest BCUT2D eigenvalue weighted by molar-refractivity contribution is 6.09. The second-order valence-corrected chi connectivity index (χ2v) is 11.7. The van der Waals surface area contributed by atoms with Gasteiger partial charge in [0, 0.05) is 24.3 Å². The van der Waals surface area contributed by atoms with E-state index >= 15 is 0 Å². The summed E-state index contributed by atoms with van der Waals surface area (Å²) in [6, 6.07) is 9.80. The Morgan fingerprint density at radius 3 is 2.56 bits per heavy atom. The lowest BCUT2D eigenvalue weighted by molar-refractivity contribution is -0.153. The summed E-state index contributed by atoms with van der Waals surface area (Å²) >= 11 is 0. The molecule has 2 aliphatic heterocycles. The first-order valence-corrected chi connectivity index (χ1v) is 12.6. The largest absolute Gasteiger partial charge is 0.390 e. The van der Waals surface area contributed by atoms with E-state index in [9.17, 15) is 19.8 Å². The minimum atomic E-state index is -1.40. The third kappa shape index (κ3) is 3.41. The van der Waals surface area contributed by atoms with Gasteiger partial charge in [0.25, 0.3) is 0 Å². The molecule has 1 amide bonds. The van der Waals surface area contributed by atoms with Gasteiger partial charge in [-0.05, 0) is 50.5 Å². The van der Waals surface area contributed by atoms with Crippen LogP contribution in [0.2, 0.25) is 0 Å². The lowest BCUT2D eigenvalue weighted by atomic mass is 9.51. The first kappa shape index (κ1) is 23.7. The molecule has 1 aromatic rings. The highest BCUT2D eigenvalue weighted by Crippen LogP contribution is 2.66. The Morgan fingerprint density at radius 1 is 1.15 bits per heavy atom. The normalized spacial score (nSPS) is 48.2. The number of rotatable bonds is 2.